The Kier molecular flexibility index (Phi) is 3.56. The van der Waals surface area contributed by atoms with Crippen LogP contribution in [0.25, 0.3) is 0 Å². The Balaban J connectivity index is 2.10. The second-order valence-corrected chi connectivity index (χ2v) is 4.45. The molecule has 2 nitrogen and oxygen atoms in total. The van der Waals surface area contributed by atoms with Crippen LogP contribution in [-0.2, 0) is 0 Å². The normalized spacial score (nSPS) is 20.0. The van der Waals surface area contributed by atoms with Gasteiger partial charge in [-0.3, -0.25) is 4.79 Å². The SMILES string of the molecule is O=C(CC1CCCN1)c1cc(F)ccc1Cl. The summed E-state index contributed by atoms with van der Waals surface area (Å²) in [6, 6.07) is 4.10. The molecular formula is C12H13ClFNO. The summed E-state index contributed by atoms with van der Waals surface area (Å²) in [7, 11) is 0. The third-order valence-corrected chi connectivity index (χ3v) is 3.15. The Hall–Kier alpha value is -0.930. The van der Waals surface area contributed by atoms with Crippen LogP contribution in [0.2, 0.25) is 5.02 Å². The van der Waals surface area contributed by atoms with Crippen LogP contribution in [0.3, 0.4) is 0 Å². The van der Waals surface area contributed by atoms with Crippen molar-refractivity contribution < 1.29 is 9.18 Å². The van der Waals surface area contributed by atoms with E-state index in [0.29, 0.717) is 11.4 Å². The molecule has 16 heavy (non-hydrogen) atoms. The van der Waals surface area contributed by atoms with Crippen LogP contribution < -0.4 is 5.32 Å². The van der Waals surface area contributed by atoms with Crippen LogP contribution in [0.15, 0.2) is 18.2 Å². The first-order valence-corrected chi connectivity index (χ1v) is 5.76. The fourth-order valence-electron chi connectivity index (χ4n) is 1.98. The fourth-order valence-corrected chi connectivity index (χ4v) is 2.20. The van der Waals surface area contributed by atoms with Gasteiger partial charge >= 0.3 is 0 Å². The number of ketones is 1. The minimum Gasteiger partial charge on any atom is -0.314 e. The van der Waals surface area contributed by atoms with Gasteiger partial charge < -0.3 is 5.32 Å². The molecule has 1 saturated heterocycles. The third kappa shape index (κ3) is 2.60. The molecule has 0 radical (unpaired) electrons. The number of halogens is 2. The number of carbonyl (C=O) groups excluding carboxylic acids is 1. The van der Waals surface area contributed by atoms with Gasteiger partial charge in [-0.1, -0.05) is 11.6 Å². The topological polar surface area (TPSA) is 29.1 Å². The van der Waals surface area contributed by atoms with Gasteiger partial charge in [0.1, 0.15) is 5.82 Å². The van der Waals surface area contributed by atoms with Crippen LogP contribution in [-0.4, -0.2) is 18.4 Å². The van der Waals surface area contributed by atoms with Gasteiger partial charge in [0.05, 0.1) is 5.02 Å². The maximum Gasteiger partial charge on any atom is 0.166 e. The summed E-state index contributed by atoms with van der Waals surface area (Å²) in [6.45, 7) is 0.953. The van der Waals surface area contributed by atoms with Crippen molar-refractivity contribution in [2.75, 3.05) is 6.54 Å². The highest BCUT2D eigenvalue weighted by Crippen LogP contribution is 2.20. The van der Waals surface area contributed by atoms with Gasteiger partial charge in [-0.25, -0.2) is 4.39 Å². The van der Waals surface area contributed by atoms with Crippen molar-refractivity contribution in [3.8, 4) is 0 Å². The lowest BCUT2D eigenvalue weighted by atomic mass is 10.0. The number of nitrogens with one attached hydrogen (secondary N) is 1. The molecule has 1 aromatic carbocycles. The summed E-state index contributed by atoms with van der Waals surface area (Å²) >= 11 is 5.87. The van der Waals surface area contributed by atoms with E-state index in [4.69, 9.17) is 11.6 Å². The molecule has 1 fully saturated rings. The molecule has 0 aliphatic carbocycles. The first kappa shape index (κ1) is 11.6. The lowest BCUT2D eigenvalue weighted by Gasteiger charge is -2.09. The van der Waals surface area contributed by atoms with E-state index >= 15 is 0 Å². The number of Topliss-reactive ketones (excluding diaryl/α,β-unsaturated/α-hetero) is 1. The number of carbonyl (C=O) groups is 1. The van der Waals surface area contributed by atoms with Crippen LogP contribution in [0.1, 0.15) is 29.6 Å². The highest BCUT2D eigenvalue weighted by atomic mass is 35.5. The van der Waals surface area contributed by atoms with Crippen molar-refractivity contribution in [2.24, 2.45) is 0 Å². The van der Waals surface area contributed by atoms with Gasteiger partial charge in [0.25, 0.3) is 0 Å². The highest BCUT2D eigenvalue weighted by molar-refractivity contribution is 6.33. The number of hydrogen-bond donors (Lipinski definition) is 1. The Morgan fingerprint density at radius 1 is 1.56 bits per heavy atom. The molecule has 1 aromatic rings. The smallest absolute Gasteiger partial charge is 0.166 e. The van der Waals surface area contributed by atoms with Gasteiger partial charge in [-0.15, -0.1) is 0 Å². The molecule has 0 spiro atoms. The number of hydrogen-bond acceptors (Lipinski definition) is 2. The molecule has 0 aromatic heterocycles. The van der Waals surface area contributed by atoms with E-state index in [-0.39, 0.29) is 17.4 Å². The first-order valence-electron chi connectivity index (χ1n) is 5.38. The van der Waals surface area contributed by atoms with E-state index in [0.717, 1.165) is 19.4 Å². The zero-order chi connectivity index (χ0) is 11.5. The van der Waals surface area contributed by atoms with Crippen molar-refractivity contribution in [2.45, 2.75) is 25.3 Å². The monoisotopic (exact) mass is 241 g/mol. The summed E-state index contributed by atoms with van der Waals surface area (Å²) in [5.41, 5.74) is 0.287. The quantitative estimate of drug-likeness (QED) is 0.825. The minimum atomic E-state index is -0.424. The van der Waals surface area contributed by atoms with Crippen molar-refractivity contribution >= 4 is 17.4 Å². The molecule has 1 aliphatic heterocycles. The van der Waals surface area contributed by atoms with E-state index in [2.05, 4.69) is 5.32 Å². The van der Waals surface area contributed by atoms with Gasteiger partial charge in [0.15, 0.2) is 5.78 Å². The van der Waals surface area contributed by atoms with Crippen molar-refractivity contribution in [3.05, 3.63) is 34.6 Å². The Morgan fingerprint density at radius 3 is 3.06 bits per heavy atom. The van der Waals surface area contributed by atoms with Crippen molar-refractivity contribution in [1.29, 1.82) is 0 Å². The zero-order valence-electron chi connectivity index (χ0n) is 8.80. The van der Waals surface area contributed by atoms with Gasteiger partial charge in [0, 0.05) is 18.0 Å². The summed E-state index contributed by atoms with van der Waals surface area (Å²) < 4.78 is 13.0. The van der Waals surface area contributed by atoms with Crippen molar-refractivity contribution in [1.82, 2.24) is 5.32 Å². The maximum atomic E-state index is 13.0. The van der Waals surface area contributed by atoms with Crippen LogP contribution in [0.5, 0.6) is 0 Å². The Bertz CT molecular complexity index is 402. The molecule has 1 atom stereocenters. The maximum absolute atomic E-state index is 13.0. The van der Waals surface area contributed by atoms with Gasteiger partial charge in [-0.05, 0) is 37.6 Å². The van der Waals surface area contributed by atoms with Crippen LogP contribution in [0.4, 0.5) is 4.39 Å². The molecule has 1 unspecified atom stereocenters. The average Bonchev–Trinajstić information content (AvgIpc) is 2.74. The fraction of sp³-hybridized carbons (Fsp3) is 0.417. The lowest BCUT2D eigenvalue weighted by Crippen LogP contribution is -2.24. The summed E-state index contributed by atoms with van der Waals surface area (Å²) in [6.07, 6.45) is 2.48. The van der Waals surface area contributed by atoms with Crippen LogP contribution >= 0.6 is 11.6 Å². The minimum absolute atomic E-state index is 0.0936. The molecule has 2 rings (SSSR count). The average molecular weight is 242 g/mol. The van der Waals surface area contributed by atoms with E-state index in [1.807, 2.05) is 0 Å². The van der Waals surface area contributed by atoms with E-state index in [1.165, 1.54) is 18.2 Å². The molecule has 0 saturated carbocycles. The van der Waals surface area contributed by atoms with Gasteiger partial charge in [0.2, 0.25) is 0 Å². The predicted molar refractivity (Wildman–Crippen MR) is 61.4 cm³/mol. The number of benzene rings is 1. The van der Waals surface area contributed by atoms with Gasteiger partial charge in [-0.2, -0.15) is 0 Å². The Labute approximate surface area is 98.8 Å². The molecule has 0 amide bonds. The Morgan fingerprint density at radius 2 is 2.38 bits per heavy atom. The molecular weight excluding hydrogens is 229 g/mol. The largest absolute Gasteiger partial charge is 0.314 e. The van der Waals surface area contributed by atoms with Crippen LogP contribution in [0, 0.1) is 5.82 Å². The molecule has 86 valence electrons. The van der Waals surface area contributed by atoms with Crippen molar-refractivity contribution in [3.63, 3.8) is 0 Å². The summed E-state index contributed by atoms with van der Waals surface area (Å²) in [4.78, 5) is 11.9. The summed E-state index contributed by atoms with van der Waals surface area (Å²) in [5, 5.41) is 3.56. The molecule has 1 heterocycles. The van der Waals surface area contributed by atoms with E-state index in [9.17, 15) is 9.18 Å². The molecule has 1 N–H and O–H groups in total. The third-order valence-electron chi connectivity index (χ3n) is 2.82. The molecule has 1 aliphatic rings. The highest BCUT2D eigenvalue weighted by Gasteiger charge is 2.20. The second-order valence-electron chi connectivity index (χ2n) is 4.04. The molecule has 0 bridgehead atoms. The summed E-state index contributed by atoms with van der Waals surface area (Å²) in [5.74, 6) is -0.518. The predicted octanol–water partition coefficient (Wildman–Crippen LogP) is 2.80. The first-order chi connectivity index (χ1) is 7.66. The van der Waals surface area contributed by atoms with E-state index < -0.39 is 5.82 Å². The second kappa shape index (κ2) is 4.93. The zero-order valence-corrected chi connectivity index (χ0v) is 9.56. The lowest BCUT2D eigenvalue weighted by molar-refractivity contribution is 0.0971. The number of rotatable bonds is 3. The standard InChI is InChI=1S/C12H13ClFNO/c13-11-4-3-8(14)6-10(11)12(16)7-9-2-1-5-15-9/h3-4,6,9,15H,1-2,5,7H2. The molecule has 4 heteroatoms. The van der Waals surface area contributed by atoms with E-state index in [1.54, 1.807) is 0 Å².